The lowest BCUT2D eigenvalue weighted by Gasteiger charge is -2.34. The molecule has 0 spiro atoms. The summed E-state index contributed by atoms with van der Waals surface area (Å²) in [5, 5.41) is 5.65. The first-order valence-corrected chi connectivity index (χ1v) is 11.2. The van der Waals surface area contributed by atoms with E-state index in [2.05, 4.69) is 10.6 Å². The van der Waals surface area contributed by atoms with Crippen molar-refractivity contribution >= 4 is 23.8 Å². The molecule has 9 heteroatoms. The van der Waals surface area contributed by atoms with Crippen LogP contribution in [0.1, 0.15) is 58.3 Å². The van der Waals surface area contributed by atoms with E-state index in [-0.39, 0.29) is 42.7 Å². The normalized spacial score (nSPS) is 19.4. The highest BCUT2D eigenvalue weighted by molar-refractivity contribution is 5.81. The Kier molecular flexibility index (Phi) is 10.4. The first-order valence-electron chi connectivity index (χ1n) is 11.2. The summed E-state index contributed by atoms with van der Waals surface area (Å²) in [6, 6.07) is -0.211. The molecule has 0 bridgehead atoms. The molecule has 0 saturated carbocycles. The molecule has 30 heavy (non-hydrogen) atoms. The van der Waals surface area contributed by atoms with Gasteiger partial charge in [0.1, 0.15) is 0 Å². The molecule has 0 atom stereocenters. The molecular formula is C21H36N4O5. The van der Waals surface area contributed by atoms with Gasteiger partial charge in [0.15, 0.2) is 0 Å². The van der Waals surface area contributed by atoms with Crippen LogP contribution in [0, 0.1) is 5.92 Å². The Hall–Kier alpha value is -2.32. The van der Waals surface area contributed by atoms with Crippen molar-refractivity contribution in [1.29, 1.82) is 0 Å². The number of ether oxygens (including phenoxy) is 1. The van der Waals surface area contributed by atoms with Gasteiger partial charge in [-0.05, 0) is 32.6 Å². The smallest absolute Gasteiger partial charge is 0.317 e. The zero-order valence-electron chi connectivity index (χ0n) is 18.1. The van der Waals surface area contributed by atoms with Gasteiger partial charge in [0.05, 0.1) is 13.0 Å². The van der Waals surface area contributed by atoms with E-state index in [0.29, 0.717) is 58.6 Å². The van der Waals surface area contributed by atoms with Crippen LogP contribution in [0.15, 0.2) is 0 Å². The zero-order chi connectivity index (χ0) is 21.8. The largest absolute Gasteiger partial charge is 0.466 e. The van der Waals surface area contributed by atoms with Crippen LogP contribution >= 0.6 is 0 Å². The molecule has 0 radical (unpaired) electrons. The maximum absolute atomic E-state index is 13.0. The number of piperidine rings is 1. The van der Waals surface area contributed by atoms with Gasteiger partial charge < -0.3 is 25.2 Å². The molecule has 2 N–H and O–H groups in total. The summed E-state index contributed by atoms with van der Waals surface area (Å²) in [6.07, 6.45) is 5.79. The Morgan fingerprint density at radius 1 is 1.03 bits per heavy atom. The Morgan fingerprint density at radius 3 is 2.50 bits per heavy atom. The van der Waals surface area contributed by atoms with Gasteiger partial charge in [-0.2, -0.15) is 0 Å². The zero-order valence-corrected chi connectivity index (χ0v) is 18.1. The number of likely N-dealkylation sites (tertiary alicyclic amines) is 1. The fourth-order valence-electron chi connectivity index (χ4n) is 3.87. The quantitative estimate of drug-likeness (QED) is 0.646. The molecule has 4 amide bonds. The number of rotatable bonds is 5. The molecule has 2 fully saturated rings. The summed E-state index contributed by atoms with van der Waals surface area (Å²) in [7, 11) is 0. The molecule has 170 valence electrons. The molecule has 2 saturated heterocycles. The van der Waals surface area contributed by atoms with E-state index in [9.17, 15) is 19.2 Å². The molecule has 0 aromatic rings. The highest BCUT2D eigenvalue weighted by Crippen LogP contribution is 2.20. The predicted octanol–water partition coefficient (Wildman–Crippen LogP) is 1.27. The van der Waals surface area contributed by atoms with Crippen molar-refractivity contribution in [3.8, 4) is 0 Å². The van der Waals surface area contributed by atoms with Crippen LogP contribution in [-0.4, -0.2) is 79.5 Å². The summed E-state index contributed by atoms with van der Waals surface area (Å²) in [5.74, 6) is -0.332. The number of amides is 4. The molecule has 2 rings (SSSR count). The summed E-state index contributed by atoms with van der Waals surface area (Å²) in [4.78, 5) is 52.1. The second-order valence-corrected chi connectivity index (χ2v) is 7.89. The lowest BCUT2D eigenvalue weighted by atomic mass is 9.95. The van der Waals surface area contributed by atoms with E-state index in [1.807, 2.05) is 4.90 Å². The van der Waals surface area contributed by atoms with Crippen LogP contribution < -0.4 is 10.6 Å². The lowest BCUT2D eigenvalue weighted by molar-refractivity contribution is -0.143. The Bertz CT molecular complexity index is 590. The van der Waals surface area contributed by atoms with Crippen molar-refractivity contribution in [3.05, 3.63) is 0 Å². The number of carbonyl (C=O) groups is 4. The number of esters is 1. The van der Waals surface area contributed by atoms with Gasteiger partial charge in [0.2, 0.25) is 11.8 Å². The first-order chi connectivity index (χ1) is 14.5. The Morgan fingerprint density at radius 2 is 1.77 bits per heavy atom. The molecule has 2 heterocycles. The van der Waals surface area contributed by atoms with Gasteiger partial charge in [-0.25, -0.2) is 4.79 Å². The van der Waals surface area contributed by atoms with Gasteiger partial charge >= 0.3 is 12.0 Å². The van der Waals surface area contributed by atoms with Crippen molar-refractivity contribution in [3.63, 3.8) is 0 Å². The fourth-order valence-corrected chi connectivity index (χ4v) is 3.87. The van der Waals surface area contributed by atoms with Crippen LogP contribution in [0.5, 0.6) is 0 Å². The van der Waals surface area contributed by atoms with Crippen LogP contribution in [-0.2, 0) is 19.1 Å². The SMILES string of the molecule is CCOC(=O)CCNC(=O)N1CCC(C(=O)N2CCCCCCNC(=O)CC2)CC1. The Labute approximate surface area is 178 Å². The highest BCUT2D eigenvalue weighted by atomic mass is 16.5. The van der Waals surface area contributed by atoms with E-state index < -0.39 is 0 Å². The van der Waals surface area contributed by atoms with E-state index in [1.54, 1.807) is 11.8 Å². The summed E-state index contributed by atoms with van der Waals surface area (Å²) >= 11 is 0. The number of urea groups is 1. The maximum Gasteiger partial charge on any atom is 0.317 e. The average Bonchev–Trinajstić information content (AvgIpc) is 2.79. The van der Waals surface area contributed by atoms with Gasteiger partial charge in [-0.3, -0.25) is 14.4 Å². The number of hydrogen-bond donors (Lipinski definition) is 2. The van der Waals surface area contributed by atoms with Crippen LogP contribution in [0.4, 0.5) is 4.79 Å². The highest BCUT2D eigenvalue weighted by Gasteiger charge is 2.30. The molecule has 0 aromatic carbocycles. The van der Waals surface area contributed by atoms with Gasteiger partial charge in [-0.1, -0.05) is 12.8 Å². The average molecular weight is 425 g/mol. The summed E-state index contributed by atoms with van der Waals surface area (Å²) < 4.78 is 4.84. The van der Waals surface area contributed by atoms with Crippen molar-refractivity contribution in [2.75, 3.05) is 45.9 Å². The second-order valence-electron chi connectivity index (χ2n) is 7.89. The number of hydrogen-bond acceptors (Lipinski definition) is 5. The molecule has 2 aliphatic heterocycles. The molecule has 0 aliphatic carbocycles. The van der Waals surface area contributed by atoms with Crippen molar-refractivity contribution in [2.45, 2.75) is 58.3 Å². The van der Waals surface area contributed by atoms with Gasteiger partial charge in [0.25, 0.3) is 0 Å². The molecule has 0 unspecified atom stereocenters. The van der Waals surface area contributed by atoms with Gasteiger partial charge in [0, 0.05) is 51.6 Å². The standard InChI is InChI=1S/C21H36N4O5/c1-2-30-19(27)7-12-23-21(29)25-14-8-17(9-15-25)20(28)24-13-6-4-3-5-11-22-18(26)10-16-24/h17H,2-16H2,1H3,(H,22,26)(H,23,29). The van der Waals surface area contributed by atoms with E-state index in [0.717, 1.165) is 25.7 Å². The minimum absolute atomic E-state index is 0.00371. The van der Waals surface area contributed by atoms with E-state index >= 15 is 0 Å². The Balaban J connectivity index is 1.76. The minimum atomic E-state index is -0.328. The molecular weight excluding hydrogens is 388 g/mol. The lowest BCUT2D eigenvalue weighted by Crippen LogP contribution is -2.48. The third-order valence-electron chi connectivity index (χ3n) is 5.64. The third kappa shape index (κ3) is 8.20. The summed E-state index contributed by atoms with van der Waals surface area (Å²) in [5.41, 5.74) is 0. The first kappa shape index (κ1) is 24.0. The van der Waals surface area contributed by atoms with E-state index in [1.165, 1.54) is 0 Å². The number of nitrogens with zero attached hydrogens (tertiary/aromatic N) is 2. The van der Waals surface area contributed by atoms with Gasteiger partial charge in [-0.15, -0.1) is 0 Å². The predicted molar refractivity (Wildman–Crippen MR) is 112 cm³/mol. The number of nitrogens with one attached hydrogen (secondary N) is 2. The monoisotopic (exact) mass is 424 g/mol. The topological polar surface area (TPSA) is 108 Å². The fraction of sp³-hybridized carbons (Fsp3) is 0.810. The van der Waals surface area contributed by atoms with Crippen molar-refractivity contribution in [2.24, 2.45) is 5.92 Å². The second kappa shape index (κ2) is 13.1. The third-order valence-corrected chi connectivity index (χ3v) is 5.64. The summed E-state index contributed by atoms with van der Waals surface area (Å²) in [6.45, 7) is 5.20. The van der Waals surface area contributed by atoms with Crippen molar-refractivity contribution in [1.82, 2.24) is 20.4 Å². The van der Waals surface area contributed by atoms with Crippen LogP contribution in [0.3, 0.4) is 0 Å². The van der Waals surface area contributed by atoms with Crippen LogP contribution in [0.25, 0.3) is 0 Å². The molecule has 9 nitrogen and oxygen atoms in total. The minimum Gasteiger partial charge on any atom is -0.466 e. The number of carbonyl (C=O) groups excluding carboxylic acids is 4. The molecule has 0 aromatic heterocycles. The maximum atomic E-state index is 13.0. The van der Waals surface area contributed by atoms with E-state index in [4.69, 9.17) is 4.74 Å². The van der Waals surface area contributed by atoms with Crippen molar-refractivity contribution < 1.29 is 23.9 Å². The van der Waals surface area contributed by atoms with Crippen LogP contribution in [0.2, 0.25) is 0 Å². The molecule has 2 aliphatic rings.